The number of aromatic nitrogens is 2. The topological polar surface area (TPSA) is 95.1 Å². The molecule has 1 aromatic carbocycles. The molecule has 1 amide bonds. The Morgan fingerprint density at radius 2 is 2.03 bits per heavy atom. The zero-order valence-electron chi connectivity index (χ0n) is 16.1. The van der Waals surface area contributed by atoms with Crippen LogP contribution < -0.4 is 10.9 Å². The maximum absolute atomic E-state index is 14.1. The minimum atomic E-state index is -0.851. The summed E-state index contributed by atoms with van der Waals surface area (Å²) in [6, 6.07) is 3.88. The summed E-state index contributed by atoms with van der Waals surface area (Å²) in [6.45, 7) is 3.26. The normalized spacial score (nSPS) is 12.2. The number of hydrogen-bond acceptors (Lipinski definition) is 4. The van der Waals surface area contributed by atoms with Gasteiger partial charge in [-0.3, -0.25) is 14.6 Å². The Kier molecular flexibility index (Phi) is 6.03. The zero-order valence-corrected chi connectivity index (χ0v) is 16.1. The first-order valence-corrected chi connectivity index (χ1v) is 9.14. The molecule has 0 unspecified atom stereocenters. The van der Waals surface area contributed by atoms with Gasteiger partial charge in [0.25, 0.3) is 5.56 Å². The molecule has 0 aliphatic heterocycles. The third-order valence-electron chi connectivity index (χ3n) is 4.92. The average molecular weight is 401 g/mol. The molecule has 29 heavy (non-hydrogen) atoms. The third kappa shape index (κ3) is 4.32. The van der Waals surface area contributed by atoms with Crippen molar-refractivity contribution in [1.82, 2.24) is 15.3 Å². The molecule has 3 N–H and O–H groups in total. The van der Waals surface area contributed by atoms with Crippen molar-refractivity contribution in [2.24, 2.45) is 0 Å². The van der Waals surface area contributed by atoms with Crippen molar-refractivity contribution in [2.75, 3.05) is 6.61 Å². The van der Waals surface area contributed by atoms with Gasteiger partial charge in [-0.15, -0.1) is 0 Å². The standard InChI is InChI=1S/C21H21F2N3O3/c1-11-15(21(29)26-18-5-7-24-12(2)20(11)18)10-19(28)25-17(6-8-27)14-4-3-13(22)9-16(14)23/h3-5,7,9,17,27H,6,8,10H2,1-2H3,(H,25,28)(H,26,29)/t17-/m1/s1. The van der Waals surface area contributed by atoms with Gasteiger partial charge in [-0.05, 0) is 38.0 Å². The Bertz CT molecular complexity index is 1130. The number of aliphatic hydroxyl groups is 1. The third-order valence-corrected chi connectivity index (χ3v) is 4.92. The van der Waals surface area contributed by atoms with Crippen LogP contribution >= 0.6 is 0 Å². The van der Waals surface area contributed by atoms with Crippen LogP contribution in [-0.2, 0) is 11.2 Å². The second-order valence-electron chi connectivity index (χ2n) is 6.85. The van der Waals surface area contributed by atoms with Gasteiger partial charge in [0, 0.05) is 41.1 Å². The number of hydrogen-bond donors (Lipinski definition) is 3. The quantitative estimate of drug-likeness (QED) is 0.592. The van der Waals surface area contributed by atoms with E-state index in [1.54, 1.807) is 19.2 Å². The molecule has 2 heterocycles. The zero-order chi connectivity index (χ0) is 21.1. The minimum absolute atomic E-state index is 0.0460. The Morgan fingerprint density at radius 1 is 1.28 bits per heavy atom. The molecule has 152 valence electrons. The van der Waals surface area contributed by atoms with Crippen molar-refractivity contribution in [3.8, 4) is 0 Å². The number of halogens is 2. The molecule has 6 nitrogen and oxygen atoms in total. The maximum Gasteiger partial charge on any atom is 0.252 e. The molecular formula is C21H21F2N3O3. The van der Waals surface area contributed by atoms with Crippen LogP contribution in [0.1, 0.15) is 34.8 Å². The van der Waals surface area contributed by atoms with Gasteiger partial charge in [-0.1, -0.05) is 6.07 Å². The number of amides is 1. The van der Waals surface area contributed by atoms with Crippen LogP contribution in [0.3, 0.4) is 0 Å². The number of nitrogens with zero attached hydrogens (tertiary/aromatic N) is 1. The smallest absolute Gasteiger partial charge is 0.252 e. The van der Waals surface area contributed by atoms with E-state index in [0.29, 0.717) is 11.1 Å². The van der Waals surface area contributed by atoms with E-state index in [-0.39, 0.29) is 36.1 Å². The predicted octanol–water partition coefficient (Wildman–Crippen LogP) is 2.60. The molecule has 0 radical (unpaired) electrons. The van der Waals surface area contributed by atoms with Gasteiger partial charge in [-0.2, -0.15) is 0 Å². The molecule has 0 aliphatic carbocycles. The van der Waals surface area contributed by atoms with Gasteiger partial charge in [0.2, 0.25) is 5.91 Å². The molecule has 2 aromatic heterocycles. The summed E-state index contributed by atoms with van der Waals surface area (Å²) >= 11 is 0. The molecule has 0 fully saturated rings. The van der Waals surface area contributed by atoms with E-state index in [1.165, 1.54) is 6.07 Å². The number of aryl methyl sites for hydroxylation is 2. The number of carbonyl (C=O) groups excluding carboxylic acids is 1. The van der Waals surface area contributed by atoms with Crippen LogP contribution in [0.25, 0.3) is 10.9 Å². The van der Waals surface area contributed by atoms with Gasteiger partial charge < -0.3 is 15.4 Å². The minimum Gasteiger partial charge on any atom is -0.396 e. The summed E-state index contributed by atoms with van der Waals surface area (Å²) in [5.41, 5.74) is 1.98. The lowest BCUT2D eigenvalue weighted by molar-refractivity contribution is -0.121. The number of aliphatic hydroxyl groups excluding tert-OH is 1. The summed E-state index contributed by atoms with van der Waals surface area (Å²) in [6.07, 6.45) is 1.41. The van der Waals surface area contributed by atoms with Crippen molar-refractivity contribution in [2.45, 2.75) is 32.7 Å². The SMILES string of the molecule is Cc1nccc2[nH]c(=O)c(CC(=O)N[C@H](CCO)c3ccc(F)cc3F)c(C)c12. The Labute approximate surface area is 165 Å². The predicted molar refractivity (Wildman–Crippen MR) is 104 cm³/mol. The molecule has 0 saturated carbocycles. The van der Waals surface area contributed by atoms with Crippen molar-refractivity contribution < 1.29 is 18.7 Å². The average Bonchev–Trinajstić information content (AvgIpc) is 2.64. The fraction of sp³-hybridized carbons (Fsp3) is 0.286. The van der Waals surface area contributed by atoms with Gasteiger partial charge in [0.1, 0.15) is 11.6 Å². The number of nitrogens with one attached hydrogen (secondary N) is 2. The number of rotatable bonds is 6. The molecule has 0 aliphatic rings. The van der Waals surface area contributed by atoms with Gasteiger partial charge in [0.05, 0.1) is 18.0 Å². The number of pyridine rings is 2. The van der Waals surface area contributed by atoms with E-state index in [0.717, 1.165) is 23.2 Å². The number of aromatic amines is 1. The first-order chi connectivity index (χ1) is 13.8. The van der Waals surface area contributed by atoms with Crippen molar-refractivity contribution in [1.29, 1.82) is 0 Å². The van der Waals surface area contributed by atoms with E-state index < -0.39 is 23.6 Å². The first kappa shape index (κ1) is 20.6. The Balaban J connectivity index is 1.89. The molecule has 8 heteroatoms. The summed E-state index contributed by atoms with van der Waals surface area (Å²) in [5, 5.41) is 12.7. The lowest BCUT2D eigenvalue weighted by Crippen LogP contribution is -2.33. The number of carbonyl (C=O) groups is 1. The van der Waals surface area contributed by atoms with Gasteiger partial charge >= 0.3 is 0 Å². The van der Waals surface area contributed by atoms with Crippen LogP contribution in [0.2, 0.25) is 0 Å². The number of H-pyrrole nitrogens is 1. The van der Waals surface area contributed by atoms with Gasteiger partial charge in [-0.25, -0.2) is 8.78 Å². The van der Waals surface area contributed by atoms with Crippen LogP contribution in [0.15, 0.2) is 35.3 Å². The Morgan fingerprint density at radius 3 is 2.72 bits per heavy atom. The van der Waals surface area contributed by atoms with E-state index in [4.69, 9.17) is 0 Å². The van der Waals surface area contributed by atoms with E-state index >= 15 is 0 Å². The Hall–Kier alpha value is -3.13. The monoisotopic (exact) mass is 401 g/mol. The highest BCUT2D eigenvalue weighted by molar-refractivity contribution is 5.87. The molecule has 0 spiro atoms. The highest BCUT2D eigenvalue weighted by Gasteiger charge is 2.20. The van der Waals surface area contributed by atoms with Crippen LogP contribution in [0.5, 0.6) is 0 Å². The molecular weight excluding hydrogens is 380 g/mol. The van der Waals surface area contributed by atoms with Crippen molar-refractivity contribution >= 4 is 16.8 Å². The first-order valence-electron chi connectivity index (χ1n) is 9.14. The molecule has 0 bridgehead atoms. The molecule has 0 saturated heterocycles. The second kappa shape index (κ2) is 8.48. The maximum atomic E-state index is 14.1. The molecule has 1 atom stereocenters. The highest BCUT2D eigenvalue weighted by atomic mass is 19.1. The lowest BCUT2D eigenvalue weighted by atomic mass is 10.00. The summed E-state index contributed by atoms with van der Waals surface area (Å²) < 4.78 is 27.3. The van der Waals surface area contributed by atoms with E-state index in [9.17, 15) is 23.5 Å². The number of benzene rings is 1. The fourth-order valence-corrected chi connectivity index (χ4v) is 3.50. The fourth-order valence-electron chi connectivity index (χ4n) is 3.50. The van der Waals surface area contributed by atoms with Crippen molar-refractivity contribution in [3.05, 3.63) is 74.8 Å². The molecule has 3 aromatic rings. The van der Waals surface area contributed by atoms with Crippen LogP contribution in [0, 0.1) is 25.5 Å². The summed E-state index contributed by atoms with van der Waals surface area (Å²) in [5.74, 6) is -2.06. The van der Waals surface area contributed by atoms with E-state index in [2.05, 4.69) is 15.3 Å². The highest BCUT2D eigenvalue weighted by Crippen LogP contribution is 2.22. The second-order valence-corrected chi connectivity index (χ2v) is 6.85. The number of fused-ring (bicyclic) bond motifs is 1. The molecule has 3 rings (SSSR count). The van der Waals surface area contributed by atoms with Crippen LogP contribution in [-0.4, -0.2) is 27.6 Å². The summed E-state index contributed by atoms with van der Waals surface area (Å²) in [4.78, 5) is 32.1. The van der Waals surface area contributed by atoms with Gasteiger partial charge in [0.15, 0.2) is 0 Å². The lowest BCUT2D eigenvalue weighted by Gasteiger charge is -2.19. The summed E-state index contributed by atoms with van der Waals surface area (Å²) in [7, 11) is 0. The van der Waals surface area contributed by atoms with Crippen LogP contribution in [0.4, 0.5) is 8.78 Å². The van der Waals surface area contributed by atoms with E-state index in [1.807, 2.05) is 6.92 Å². The van der Waals surface area contributed by atoms with Crippen molar-refractivity contribution in [3.63, 3.8) is 0 Å². The largest absolute Gasteiger partial charge is 0.396 e.